The van der Waals surface area contributed by atoms with Gasteiger partial charge in [-0.2, -0.15) is 0 Å². The highest BCUT2D eigenvalue weighted by Gasteiger charge is 2.07. The van der Waals surface area contributed by atoms with E-state index in [1.165, 1.54) is 10.8 Å². The van der Waals surface area contributed by atoms with Crippen molar-refractivity contribution in [2.24, 2.45) is 5.73 Å². The Balaban J connectivity index is 2.37. The maximum atomic E-state index is 11.5. The van der Waals surface area contributed by atoms with Crippen molar-refractivity contribution in [2.75, 3.05) is 7.11 Å². The molecule has 2 aromatic rings. The molecular formula is C13H13N3O2S. The number of aromatic nitrogens is 2. The fourth-order valence-electron chi connectivity index (χ4n) is 1.75. The molecule has 98 valence electrons. The largest absolute Gasteiger partial charge is 0.496 e. The molecule has 0 aliphatic rings. The average Bonchev–Trinajstić information content (AvgIpc) is 2.41. The van der Waals surface area contributed by atoms with Crippen LogP contribution >= 0.6 is 12.2 Å². The maximum absolute atomic E-state index is 11.5. The number of hydrogen-bond acceptors (Lipinski definition) is 4. The van der Waals surface area contributed by atoms with Crippen molar-refractivity contribution in [3.05, 3.63) is 58.3 Å². The Labute approximate surface area is 115 Å². The van der Waals surface area contributed by atoms with E-state index >= 15 is 0 Å². The maximum Gasteiger partial charge on any atom is 0.347 e. The van der Waals surface area contributed by atoms with Crippen LogP contribution in [0.4, 0.5) is 0 Å². The average molecular weight is 275 g/mol. The van der Waals surface area contributed by atoms with Gasteiger partial charge in [0.1, 0.15) is 10.7 Å². The van der Waals surface area contributed by atoms with E-state index in [1.807, 2.05) is 12.1 Å². The normalized spacial score (nSPS) is 10.2. The van der Waals surface area contributed by atoms with Crippen molar-refractivity contribution in [3.63, 3.8) is 0 Å². The summed E-state index contributed by atoms with van der Waals surface area (Å²) >= 11 is 4.98. The van der Waals surface area contributed by atoms with Gasteiger partial charge in [0.05, 0.1) is 19.2 Å². The minimum absolute atomic E-state index is 0.261. The first-order valence-corrected chi connectivity index (χ1v) is 6.01. The van der Waals surface area contributed by atoms with Crippen LogP contribution in [-0.2, 0) is 6.54 Å². The lowest BCUT2D eigenvalue weighted by atomic mass is 10.1. The van der Waals surface area contributed by atoms with Crippen molar-refractivity contribution < 1.29 is 4.74 Å². The molecule has 0 fully saturated rings. The minimum atomic E-state index is -0.296. The molecule has 0 atom stereocenters. The van der Waals surface area contributed by atoms with E-state index in [1.54, 1.807) is 25.4 Å². The predicted molar refractivity (Wildman–Crippen MR) is 76.5 cm³/mol. The summed E-state index contributed by atoms with van der Waals surface area (Å²) in [5, 5.41) is 0. The summed E-state index contributed by atoms with van der Waals surface area (Å²) in [6, 6.07) is 7.17. The molecule has 1 aromatic heterocycles. The Kier molecular flexibility index (Phi) is 3.91. The molecule has 0 saturated heterocycles. The molecule has 2 rings (SSSR count). The van der Waals surface area contributed by atoms with Gasteiger partial charge in [-0.3, -0.25) is 4.57 Å². The second-order valence-corrected chi connectivity index (χ2v) is 4.37. The highest BCUT2D eigenvalue weighted by atomic mass is 32.1. The lowest BCUT2D eigenvalue weighted by Crippen LogP contribution is -2.22. The topological polar surface area (TPSA) is 70.1 Å². The monoisotopic (exact) mass is 275 g/mol. The van der Waals surface area contributed by atoms with E-state index in [0.29, 0.717) is 17.9 Å². The molecule has 0 unspecified atom stereocenters. The van der Waals surface area contributed by atoms with Crippen molar-refractivity contribution in [1.29, 1.82) is 0 Å². The van der Waals surface area contributed by atoms with E-state index in [2.05, 4.69) is 4.98 Å². The summed E-state index contributed by atoms with van der Waals surface area (Å²) in [5.74, 6) is 0.620. The Hall–Kier alpha value is -2.21. The lowest BCUT2D eigenvalue weighted by molar-refractivity contribution is 0.414. The van der Waals surface area contributed by atoms with Gasteiger partial charge < -0.3 is 10.5 Å². The quantitative estimate of drug-likeness (QED) is 0.841. The van der Waals surface area contributed by atoms with E-state index in [0.717, 1.165) is 5.56 Å². The molecule has 0 radical (unpaired) electrons. The van der Waals surface area contributed by atoms with Gasteiger partial charge in [-0.25, -0.2) is 9.78 Å². The van der Waals surface area contributed by atoms with Gasteiger partial charge >= 0.3 is 5.69 Å². The molecule has 5 nitrogen and oxygen atoms in total. The summed E-state index contributed by atoms with van der Waals surface area (Å²) in [7, 11) is 1.56. The van der Waals surface area contributed by atoms with Gasteiger partial charge in [0.15, 0.2) is 0 Å². The predicted octanol–water partition coefficient (Wildman–Crippen LogP) is 0.934. The van der Waals surface area contributed by atoms with Crippen LogP contribution in [0.2, 0.25) is 0 Å². The van der Waals surface area contributed by atoms with Crippen LogP contribution in [0, 0.1) is 0 Å². The third-order valence-electron chi connectivity index (χ3n) is 2.67. The molecule has 1 aromatic carbocycles. The van der Waals surface area contributed by atoms with Crippen LogP contribution in [0.15, 0.2) is 41.5 Å². The fraction of sp³-hybridized carbons (Fsp3) is 0.154. The number of benzene rings is 1. The Morgan fingerprint density at radius 3 is 2.95 bits per heavy atom. The molecule has 0 aliphatic heterocycles. The fourth-order valence-corrected chi connectivity index (χ4v) is 1.91. The van der Waals surface area contributed by atoms with Crippen LogP contribution in [0.3, 0.4) is 0 Å². The first-order valence-electron chi connectivity index (χ1n) is 5.60. The highest BCUT2D eigenvalue weighted by molar-refractivity contribution is 7.80. The zero-order valence-corrected chi connectivity index (χ0v) is 11.2. The van der Waals surface area contributed by atoms with Gasteiger partial charge in [0.2, 0.25) is 0 Å². The van der Waals surface area contributed by atoms with Gasteiger partial charge in [-0.05, 0) is 23.8 Å². The summed E-state index contributed by atoms with van der Waals surface area (Å²) in [5.41, 5.74) is 6.92. The number of hydrogen-bond donors (Lipinski definition) is 1. The van der Waals surface area contributed by atoms with Gasteiger partial charge in [0, 0.05) is 12.4 Å². The van der Waals surface area contributed by atoms with Crippen LogP contribution < -0.4 is 16.2 Å². The summed E-state index contributed by atoms with van der Waals surface area (Å²) in [6.45, 7) is 0.409. The third kappa shape index (κ3) is 2.97. The van der Waals surface area contributed by atoms with E-state index in [-0.39, 0.29) is 10.7 Å². The molecule has 0 bridgehead atoms. The molecular weight excluding hydrogens is 262 g/mol. The van der Waals surface area contributed by atoms with Crippen molar-refractivity contribution in [2.45, 2.75) is 6.54 Å². The van der Waals surface area contributed by atoms with Gasteiger partial charge in [0.25, 0.3) is 0 Å². The van der Waals surface area contributed by atoms with Crippen molar-refractivity contribution in [1.82, 2.24) is 9.55 Å². The summed E-state index contributed by atoms with van der Waals surface area (Å²) in [4.78, 5) is 15.5. The number of rotatable bonds is 4. The van der Waals surface area contributed by atoms with Gasteiger partial charge in [-0.1, -0.05) is 18.3 Å². The summed E-state index contributed by atoms with van der Waals surface area (Å²) < 4.78 is 6.69. The van der Waals surface area contributed by atoms with Crippen molar-refractivity contribution >= 4 is 17.2 Å². The minimum Gasteiger partial charge on any atom is -0.496 e. The molecule has 2 N–H and O–H groups in total. The molecule has 0 amide bonds. The number of methoxy groups -OCH3 is 1. The summed E-state index contributed by atoms with van der Waals surface area (Å²) in [6.07, 6.45) is 3.15. The molecule has 0 saturated carbocycles. The molecule has 1 heterocycles. The SMILES string of the molecule is COc1ccc(Cn2cccnc2=O)cc1C(N)=S. The molecule has 6 heteroatoms. The van der Waals surface area contributed by atoms with E-state index in [4.69, 9.17) is 22.7 Å². The lowest BCUT2D eigenvalue weighted by Gasteiger charge is -2.10. The first kappa shape index (κ1) is 13.2. The molecule has 0 aliphatic carbocycles. The van der Waals surface area contributed by atoms with Crippen LogP contribution in [-0.4, -0.2) is 21.6 Å². The number of ether oxygens (including phenoxy) is 1. The van der Waals surface area contributed by atoms with Gasteiger partial charge in [-0.15, -0.1) is 0 Å². The zero-order valence-electron chi connectivity index (χ0n) is 10.4. The Morgan fingerprint density at radius 1 is 1.53 bits per heavy atom. The molecule has 19 heavy (non-hydrogen) atoms. The second-order valence-electron chi connectivity index (χ2n) is 3.93. The first-order chi connectivity index (χ1) is 9.11. The van der Waals surface area contributed by atoms with E-state index in [9.17, 15) is 4.79 Å². The van der Waals surface area contributed by atoms with Crippen LogP contribution in [0.5, 0.6) is 5.75 Å². The van der Waals surface area contributed by atoms with Crippen LogP contribution in [0.1, 0.15) is 11.1 Å². The van der Waals surface area contributed by atoms with Crippen LogP contribution in [0.25, 0.3) is 0 Å². The van der Waals surface area contributed by atoms with Crippen molar-refractivity contribution in [3.8, 4) is 5.75 Å². The Morgan fingerprint density at radius 2 is 2.32 bits per heavy atom. The smallest absolute Gasteiger partial charge is 0.347 e. The second kappa shape index (κ2) is 5.62. The number of nitrogens with zero attached hydrogens (tertiary/aromatic N) is 2. The standard InChI is InChI=1S/C13H13N3O2S/c1-18-11-4-3-9(7-10(11)12(14)19)8-16-6-2-5-15-13(16)17/h2-7H,8H2,1H3,(H2,14,19). The Bertz CT molecular complexity index is 667. The number of nitrogens with two attached hydrogens (primary N) is 1. The molecule has 0 spiro atoms. The zero-order chi connectivity index (χ0) is 13.8. The highest BCUT2D eigenvalue weighted by Crippen LogP contribution is 2.20. The third-order valence-corrected chi connectivity index (χ3v) is 2.88. The number of thiocarbonyl (C=S) groups is 1. The van der Waals surface area contributed by atoms with E-state index < -0.39 is 0 Å².